The zero-order chi connectivity index (χ0) is 9.14. The molecule has 0 fully saturated rings. The average Bonchev–Trinajstić information content (AvgIpc) is 2.38. The first-order chi connectivity index (χ1) is 5.70. The van der Waals surface area contributed by atoms with Crippen LogP contribution in [0.4, 0.5) is 0 Å². The van der Waals surface area contributed by atoms with Gasteiger partial charge in [-0.25, -0.2) is 5.43 Å². The van der Waals surface area contributed by atoms with Crippen LogP contribution in [-0.4, -0.2) is 0 Å². The van der Waals surface area contributed by atoms with Crippen molar-refractivity contribution in [1.82, 2.24) is 5.43 Å². The molecule has 0 bridgehead atoms. The quantitative estimate of drug-likeness (QED) is 0.449. The number of rotatable bonds is 3. The van der Waals surface area contributed by atoms with Crippen LogP contribution in [0.5, 0.6) is 0 Å². The largest absolute Gasteiger partial charge is 0.271 e. The van der Waals surface area contributed by atoms with Gasteiger partial charge in [0.25, 0.3) is 0 Å². The van der Waals surface area contributed by atoms with Gasteiger partial charge in [0, 0.05) is 4.88 Å². The van der Waals surface area contributed by atoms with Crippen molar-refractivity contribution in [3.63, 3.8) is 0 Å². The molecule has 12 heavy (non-hydrogen) atoms. The van der Waals surface area contributed by atoms with Gasteiger partial charge < -0.3 is 0 Å². The van der Waals surface area contributed by atoms with Crippen LogP contribution in [-0.2, 0) is 0 Å². The van der Waals surface area contributed by atoms with Crippen LogP contribution in [0, 0.1) is 6.92 Å². The van der Waals surface area contributed by atoms with Crippen molar-refractivity contribution in [2.24, 2.45) is 5.84 Å². The Kier molecular flexibility index (Phi) is 3.29. The summed E-state index contributed by atoms with van der Waals surface area (Å²) < 4.78 is 0. The third kappa shape index (κ3) is 1.69. The van der Waals surface area contributed by atoms with Crippen LogP contribution in [0.3, 0.4) is 0 Å². The minimum atomic E-state index is -0.0452. The summed E-state index contributed by atoms with van der Waals surface area (Å²) >= 11 is 7.62. The molecule has 1 aromatic heterocycles. The maximum absolute atomic E-state index is 6.03. The Morgan fingerprint density at radius 3 is 2.83 bits per heavy atom. The molecule has 0 aliphatic rings. The second-order valence-electron chi connectivity index (χ2n) is 2.48. The lowest BCUT2D eigenvalue weighted by Crippen LogP contribution is -2.25. The predicted molar refractivity (Wildman–Crippen MR) is 54.3 cm³/mol. The summed E-state index contributed by atoms with van der Waals surface area (Å²) in [5.74, 6) is 5.32. The molecule has 3 N–H and O–H groups in total. The van der Waals surface area contributed by atoms with Crippen LogP contribution >= 0.6 is 22.9 Å². The standard InChI is InChI=1S/C8H11ClN2S/c1-3-6(11-10)8-7(9)5(2)4-12-8/h3-4,6,11H,1,10H2,2H3. The van der Waals surface area contributed by atoms with Gasteiger partial charge in [-0.1, -0.05) is 17.7 Å². The van der Waals surface area contributed by atoms with Gasteiger partial charge in [-0.3, -0.25) is 5.84 Å². The van der Waals surface area contributed by atoms with Gasteiger partial charge in [0.05, 0.1) is 11.1 Å². The first kappa shape index (κ1) is 9.74. The van der Waals surface area contributed by atoms with E-state index in [-0.39, 0.29) is 6.04 Å². The van der Waals surface area contributed by atoms with E-state index in [0.717, 1.165) is 15.5 Å². The summed E-state index contributed by atoms with van der Waals surface area (Å²) in [6, 6.07) is -0.0452. The van der Waals surface area contributed by atoms with Gasteiger partial charge in [-0.05, 0) is 17.9 Å². The molecule has 1 aromatic rings. The summed E-state index contributed by atoms with van der Waals surface area (Å²) in [5.41, 5.74) is 3.71. The molecule has 0 spiro atoms. The fraction of sp³-hybridized carbons (Fsp3) is 0.250. The lowest BCUT2D eigenvalue weighted by molar-refractivity contribution is 0.666. The normalized spacial score (nSPS) is 12.9. The minimum absolute atomic E-state index is 0.0452. The SMILES string of the molecule is C=CC(NN)c1scc(C)c1Cl. The Morgan fingerprint density at radius 1 is 1.83 bits per heavy atom. The first-order valence-electron chi connectivity index (χ1n) is 3.53. The summed E-state index contributed by atoms with van der Waals surface area (Å²) in [5, 5.41) is 2.79. The monoisotopic (exact) mass is 202 g/mol. The molecule has 1 atom stereocenters. The third-order valence-electron chi connectivity index (χ3n) is 1.62. The molecule has 1 rings (SSSR count). The fourth-order valence-corrected chi connectivity index (χ4v) is 2.28. The molecule has 0 aromatic carbocycles. The molecule has 0 radical (unpaired) electrons. The van der Waals surface area contributed by atoms with Crippen molar-refractivity contribution in [2.75, 3.05) is 0 Å². The first-order valence-corrected chi connectivity index (χ1v) is 4.78. The highest BCUT2D eigenvalue weighted by Crippen LogP contribution is 2.32. The van der Waals surface area contributed by atoms with E-state index in [1.165, 1.54) is 0 Å². The summed E-state index contributed by atoms with van der Waals surface area (Å²) in [6.07, 6.45) is 1.73. The van der Waals surface area contributed by atoms with Crippen molar-refractivity contribution in [2.45, 2.75) is 13.0 Å². The highest BCUT2D eigenvalue weighted by Gasteiger charge is 2.12. The lowest BCUT2D eigenvalue weighted by atomic mass is 10.2. The van der Waals surface area contributed by atoms with Gasteiger partial charge in [0.15, 0.2) is 0 Å². The van der Waals surface area contributed by atoms with Crippen molar-refractivity contribution in [1.29, 1.82) is 0 Å². The Hall–Kier alpha value is -0.350. The van der Waals surface area contributed by atoms with E-state index in [2.05, 4.69) is 12.0 Å². The van der Waals surface area contributed by atoms with E-state index >= 15 is 0 Å². The zero-order valence-corrected chi connectivity index (χ0v) is 8.38. The van der Waals surface area contributed by atoms with E-state index < -0.39 is 0 Å². The van der Waals surface area contributed by atoms with E-state index in [1.54, 1.807) is 17.4 Å². The van der Waals surface area contributed by atoms with E-state index in [1.807, 2.05) is 12.3 Å². The zero-order valence-electron chi connectivity index (χ0n) is 6.80. The third-order valence-corrected chi connectivity index (χ3v) is 3.42. The molecule has 0 aliphatic heterocycles. The average molecular weight is 203 g/mol. The van der Waals surface area contributed by atoms with E-state index in [9.17, 15) is 0 Å². The molecule has 2 nitrogen and oxygen atoms in total. The molecule has 0 saturated heterocycles. The van der Waals surface area contributed by atoms with Gasteiger partial charge in [0.2, 0.25) is 0 Å². The summed E-state index contributed by atoms with van der Waals surface area (Å²) in [4.78, 5) is 1.02. The molecule has 1 unspecified atom stereocenters. The highest BCUT2D eigenvalue weighted by molar-refractivity contribution is 7.10. The van der Waals surface area contributed by atoms with Crippen molar-refractivity contribution in [3.8, 4) is 0 Å². The van der Waals surface area contributed by atoms with Crippen LogP contribution in [0.1, 0.15) is 16.5 Å². The number of hydrogen-bond donors (Lipinski definition) is 2. The predicted octanol–water partition coefficient (Wildman–Crippen LogP) is 2.40. The Morgan fingerprint density at radius 2 is 2.50 bits per heavy atom. The molecular formula is C8H11ClN2S. The van der Waals surface area contributed by atoms with Crippen LogP contribution in [0.2, 0.25) is 5.02 Å². The van der Waals surface area contributed by atoms with Crippen molar-refractivity contribution in [3.05, 3.63) is 33.5 Å². The molecule has 0 aliphatic carbocycles. The van der Waals surface area contributed by atoms with Gasteiger partial charge in [-0.15, -0.1) is 17.9 Å². The summed E-state index contributed by atoms with van der Waals surface area (Å²) in [7, 11) is 0. The molecule has 66 valence electrons. The number of aryl methyl sites for hydroxylation is 1. The topological polar surface area (TPSA) is 38.0 Å². The van der Waals surface area contributed by atoms with E-state index in [4.69, 9.17) is 17.4 Å². The van der Waals surface area contributed by atoms with Crippen LogP contribution in [0.15, 0.2) is 18.0 Å². The van der Waals surface area contributed by atoms with Gasteiger partial charge in [-0.2, -0.15) is 0 Å². The Bertz CT molecular complexity index is 283. The van der Waals surface area contributed by atoms with Crippen LogP contribution in [0.25, 0.3) is 0 Å². The fourth-order valence-electron chi connectivity index (χ4n) is 0.910. The number of hydrazine groups is 1. The molecule has 0 amide bonds. The smallest absolute Gasteiger partial charge is 0.0745 e. The molecule has 0 saturated carbocycles. The summed E-state index contributed by atoms with van der Waals surface area (Å²) in [6.45, 7) is 5.64. The number of halogens is 1. The maximum atomic E-state index is 6.03. The molecular weight excluding hydrogens is 192 g/mol. The second kappa shape index (κ2) is 4.05. The molecule has 4 heteroatoms. The Balaban J connectivity index is 3.00. The molecule has 1 heterocycles. The lowest BCUT2D eigenvalue weighted by Gasteiger charge is -2.08. The minimum Gasteiger partial charge on any atom is -0.271 e. The second-order valence-corrected chi connectivity index (χ2v) is 3.77. The van der Waals surface area contributed by atoms with Crippen LogP contribution < -0.4 is 11.3 Å². The van der Waals surface area contributed by atoms with Crippen molar-refractivity contribution >= 4 is 22.9 Å². The maximum Gasteiger partial charge on any atom is 0.0745 e. The Labute approximate surface area is 81.0 Å². The number of nitrogens with two attached hydrogens (primary N) is 1. The van der Waals surface area contributed by atoms with Gasteiger partial charge >= 0.3 is 0 Å². The van der Waals surface area contributed by atoms with Crippen molar-refractivity contribution < 1.29 is 0 Å². The number of nitrogens with one attached hydrogen (secondary N) is 1. The number of thiophene rings is 1. The highest BCUT2D eigenvalue weighted by atomic mass is 35.5. The van der Waals surface area contributed by atoms with Gasteiger partial charge in [0.1, 0.15) is 0 Å². The number of hydrogen-bond acceptors (Lipinski definition) is 3. The van der Waals surface area contributed by atoms with E-state index in [0.29, 0.717) is 0 Å².